The van der Waals surface area contributed by atoms with Crippen LogP contribution in [0, 0.1) is 6.92 Å². The number of hydrogen-bond donors (Lipinski definition) is 1. The van der Waals surface area contributed by atoms with E-state index >= 15 is 0 Å². The average Bonchev–Trinajstić information content (AvgIpc) is 3.13. The third kappa shape index (κ3) is 3.25. The predicted molar refractivity (Wildman–Crippen MR) is 83.6 cm³/mol. The molecule has 0 aliphatic carbocycles. The number of aryl methyl sites for hydroxylation is 1. The molecule has 0 spiro atoms. The van der Waals surface area contributed by atoms with Gasteiger partial charge < -0.3 is 14.7 Å². The number of urea groups is 1. The Balaban J connectivity index is 1.66. The monoisotopic (exact) mass is 319 g/mol. The Morgan fingerprint density at radius 3 is 3.09 bits per heavy atom. The Morgan fingerprint density at radius 1 is 1.50 bits per heavy atom. The molecule has 3 rings (SSSR count). The van der Waals surface area contributed by atoms with Crippen molar-refractivity contribution >= 4 is 17.6 Å². The first-order valence-corrected chi connectivity index (χ1v) is 7.73. The molecule has 1 aromatic carbocycles. The van der Waals surface area contributed by atoms with Crippen LogP contribution in [0.25, 0.3) is 0 Å². The maximum atomic E-state index is 12.4. The molecule has 0 saturated carbocycles. The van der Waals surface area contributed by atoms with Crippen molar-refractivity contribution in [3.8, 4) is 0 Å². The van der Waals surface area contributed by atoms with E-state index in [0.29, 0.717) is 11.6 Å². The summed E-state index contributed by atoms with van der Waals surface area (Å²) >= 11 is 6.06. The minimum absolute atomic E-state index is 0.0804. The lowest BCUT2D eigenvalue weighted by molar-refractivity contribution is 0.192. The number of halogens is 1. The number of nitrogens with zero attached hydrogens (tertiary/aromatic N) is 2. The summed E-state index contributed by atoms with van der Waals surface area (Å²) in [6.07, 6.45) is 1.95. The highest BCUT2D eigenvalue weighted by atomic mass is 35.5. The van der Waals surface area contributed by atoms with Crippen molar-refractivity contribution in [3.63, 3.8) is 0 Å². The minimum Gasteiger partial charge on any atom is -0.361 e. The van der Waals surface area contributed by atoms with Crippen LogP contribution in [0.2, 0.25) is 5.02 Å². The number of carbonyl (C=O) groups is 1. The molecule has 0 bridgehead atoms. The second-order valence-corrected chi connectivity index (χ2v) is 5.93. The van der Waals surface area contributed by atoms with Crippen LogP contribution in [-0.2, 0) is 6.54 Å². The van der Waals surface area contributed by atoms with Gasteiger partial charge in [-0.25, -0.2) is 4.79 Å². The predicted octanol–water partition coefficient (Wildman–Crippen LogP) is 3.68. The highest BCUT2D eigenvalue weighted by Gasteiger charge is 2.29. The number of likely N-dealkylation sites (tertiary alicyclic amines) is 1. The number of benzene rings is 1. The van der Waals surface area contributed by atoms with Crippen LogP contribution >= 0.6 is 11.6 Å². The first kappa shape index (κ1) is 14.9. The highest BCUT2D eigenvalue weighted by Crippen LogP contribution is 2.32. The summed E-state index contributed by atoms with van der Waals surface area (Å²) in [5, 5.41) is 7.47. The lowest BCUT2D eigenvalue weighted by atomic mass is 10.1. The third-order valence-corrected chi connectivity index (χ3v) is 4.08. The van der Waals surface area contributed by atoms with Crippen molar-refractivity contribution in [1.82, 2.24) is 15.4 Å². The summed E-state index contributed by atoms with van der Waals surface area (Å²) in [6, 6.07) is 9.53. The normalized spacial score (nSPS) is 17.7. The zero-order valence-electron chi connectivity index (χ0n) is 12.4. The Morgan fingerprint density at radius 2 is 2.36 bits per heavy atom. The molecule has 1 fully saturated rings. The number of carbonyl (C=O) groups excluding carboxylic acids is 1. The zero-order chi connectivity index (χ0) is 15.5. The molecular weight excluding hydrogens is 302 g/mol. The van der Waals surface area contributed by atoms with Crippen LogP contribution in [0.3, 0.4) is 0 Å². The van der Waals surface area contributed by atoms with E-state index in [1.54, 1.807) is 0 Å². The van der Waals surface area contributed by atoms with E-state index in [2.05, 4.69) is 10.5 Å². The topological polar surface area (TPSA) is 58.4 Å². The van der Waals surface area contributed by atoms with Gasteiger partial charge in [-0.05, 0) is 37.5 Å². The van der Waals surface area contributed by atoms with Crippen LogP contribution < -0.4 is 5.32 Å². The van der Waals surface area contributed by atoms with Gasteiger partial charge in [-0.15, -0.1) is 0 Å². The van der Waals surface area contributed by atoms with Gasteiger partial charge >= 0.3 is 6.03 Å². The van der Waals surface area contributed by atoms with Gasteiger partial charge in [0.25, 0.3) is 0 Å². The summed E-state index contributed by atoms with van der Waals surface area (Å²) < 4.78 is 5.00. The molecule has 2 heterocycles. The van der Waals surface area contributed by atoms with Gasteiger partial charge in [0.1, 0.15) is 11.5 Å². The van der Waals surface area contributed by atoms with Crippen molar-refractivity contribution in [2.75, 3.05) is 6.54 Å². The molecule has 1 N–H and O–H groups in total. The van der Waals surface area contributed by atoms with Gasteiger partial charge in [0.05, 0.1) is 12.6 Å². The average molecular weight is 320 g/mol. The number of hydrogen-bond acceptors (Lipinski definition) is 3. The fourth-order valence-electron chi connectivity index (χ4n) is 2.84. The Hall–Kier alpha value is -2.01. The van der Waals surface area contributed by atoms with Gasteiger partial charge in [-0.1, -0.05) is 28.9 Å². The summed E-state index contributed by atoms with van der Waals surface area (Å²) in [5.74, 6) is 0.738. The van der Waals surface area contributed by atoms with Crippen LogP contribution in [0.15, 0.2) is 34.9 Å². The maximum absolute atomic E-state index is 12.4. The molecule has 2 amide bonds. The summed E-state index contributed by atoms with van der Waals surface area (Å²) in [6.45, 7) is 2.95. The fourth-order valence-corrected chi connectivity index (χ4v) is 3.04. The molecule has 116 valence electrons. The number of nitrogens with one attached hydrogen (secondary N) is 1. The van der Waals surface area contributed by atoms with E-state index in [1.165, 1.54) is 0 Å². The Labute approximate surface area is 134 Å². The Bertz CT molecular complexity index is 671. The lowest BCUT2D eigenvalue weighted by Gasteiger charge is -2.25. The highest BCUT2D eigenvalue weighted by molar-refractivity contribution is 6.30. The molecule has 0 radical (unpaired) electrons. The van der Waals surface area contributed by atoms with Crippen LogP contribution in [-0.4, -0.2) is 22.6 Å². The molecule has 1 aliphatic rings. The first-order valence-electron chi connectivity index (χ1n) is 7.35. The van der Waals surface area contributed by atoms with E-state index in [4.69, 9.17) is 16.1 Å². The van der Waals surface area contributed by atoms with Gasteiger partial charge in [-0.3, -0.25) is 0 Å². The maximum Gasteiger partial charge on any atom is 0.318 e. The smallest absolute Gasteiger partial charge is 0.318 e. The number of amides is 2. The molecule has 6 heteroatoms. The molecule has 1 aliphatic heterocycles. The third-order valence-electron chi connectivity index (χ3n) is 3.84. The van der Waals surface area contributed by atoms with Gasteiger partial charge in [0.15, 0.2) is 0 Å². The van der Waals surface area contributed by atoms with Crippen LogP contribution in [0.1, 0.15) is 35.9 Å². The molecular formula is C16H18ClN3O2. The van der Waals surface area contributed by atoms with Crippen molar-refractivity contribution < 1.29 is 9.32 Å². The lowest BCUT2D eigenvalue weighted by Crippen LogP contribution is -2.39. The minimum atomic E-state index is -0.0804. The van der Waals surface area contributed by atoms with E-state index in [1.807, 2.05) is 42.2 Å². The SMILES string of the molecule is Cc1cc(CNC(=O)N2CCCC2c2cccc(Cl)c2)no1. The second-order valence-electron chi connectivity index (χ2n) is 5.49. The van der Waals surface area contributed by atoms with Gasteiger partial charge in [0, 0.05) is 17.6 Å². The van der Waals surface area contributed by atoms with Crippen LogP contribution in [0.4, 0.5) is 4.79 Å². The second kappa shape index (κ2) is 6.40. The standard InChI is InChI=1S/C16H18ClN3O2/c1-11-8-14(19-22-11)10-18-16(21)20-7-3-6-15(20)12-4-2-5-13(17)9-12/h2,4-5,8-9,15H,3,6-7,10H2,1H3,(H,18,21). The molecule has 5 nitrogen and oxygen atoms in total. The Kier molecular flexibility index (Phi) is 4.34. The molecule has 1 aromatic heterocycles. The molecule has 1 atom stereocenters. The van der Waals surface area contributed by atoms with Crippen molar-refractivity contribution in [2.45, 2.75) is 32.4 Å². The summed E-state index contributed by atoms with van der Waals surface area (Å²) in [4.78, 5) is 14.3. The van der Waals surface area contributed by atoms with Crippen molar-refractivity contribution in [2.24, 2.45) is 0 Å². The van der Waals surface area contributed by atoms with E-state index < -0.39 is 0 Å². The quantitative estimate of drug-likeness (QED) is 0.938. The van der Waals surface area contributed by atoms with E-state index in [0.717, 1.165) is 36.4 Å². The molecule has 1 unspecified atom stereocenters. The van der Waals surface area contributed by atoms with Gasteiger partial charge in [-0.2, -0.15) is 0 Å². The van der Waals surface area contributed by atoms with Crippen LogP contribution in [0.5, 0.6) is 0 Å². The van der Waals surface area contributed by atoms with Crippen molar-refractivity contribution in [3.05, 3.63) is 52.4 Å². The number of rotatable bonds is 3. The fraction of sp³-hybridized carbons (Fsp3) is 0.375. The summed E-state index contributed by atoms with van der Waals surface area (Å²) in [5.41, 5.74) is 1.81. The molecule has 1 saturated heterocycles. The summed E-state index contributed by atoms with van der Waals surface area (Å²) in [7, 11) is 0. The van der Waals surface area contributed by atoms with Gasteiger partial charge in [0.2, 0.25) is 0 Å². The molecule has 2 aromatic rings. The molecule has 22 heavy (non-hydrogen) atoms. The van der Waals surface area contributed by atoms with E-state index in [9.17, 15) is 4.79 Å². The number of aromatic nitrogens is 1. The largest absolute Gasteiger partial charge is 0.361 e. The zero-order valence-corrected chi connectivity index (χ0v) is 13.1. The first-order chi connectivity index (χ1) is 10.6. The van der Waals surface area contributed by atoms with E-state index in [-0.39, 0.29) is 12.1 Å². The van der Waals surface area contributed by atoms with Crippen molar-refractivity contribution in [1.29, 1.82) is 0 Å².